The summed E-state index contributed by atoms with van der Waals surface area (Å²) in [6.45, 7) is 0.733. The molecule has 0 amide bonds. The van der Waals surface area contributed by atoms with Crippen LogP contribution in [0.5, 0.6) is 11.5 Å². The van der Waals surface area contributed by atoms with Gasteiger partial charge >= 0.3 is 0 Å². The van der Waals surface area contributed by atoms with Gasteiger partial charge in [-0.05, 0) is 115 Å². The number of phenolic OH excluding ortho intramolecular Hbond substituents is 1. The maximum absolute atomic E-state index is 10.1. The molecule has 6 rings (SSSR count). The van der Waals surface area contributed by atoms with E-state index < -0.39 is 0 Å². The second kappa shape index (κ2) is 11.7. The predicted molar refractivity (Wildman–Crippen MR) is 163 cm³/mol. The second-order valence-electron chi connectivity index (χ2n) is 10.6. The first kappa shape index (κ1) is 25.8. The van der Waals surface area contributed by atoms with Gasteiger partial charge in [0.15, 0.2) is 0 Å². The first-order valence-corrected chi connectivity index (χ1v) is 14.8. The fourth-order valence-corrected chi connectivity index (χ4v) is 6.55. The molecule has 3 nitrogen and oxygen atoms in total. The number of fused-ring (bicyclic) bond motifs is 2. The third kappa shape index (κ3) is 5.77. The largest absolute Gasteiger partial charge is 0.508 e. The molecule has 1 heterocycles. The van der Waals surface area contributed by atoms with Gasteiger partial charge in [-0.25, -0.2) is 0 Å². The Morgan fingerprint density at radius 3 is 2.54 bits per heavy atom. The van der Waals surface area contributed by atoms with E-state index in [-0.39, 0.29) is 5.92 Å². The third-order valence-corrected chi connectivity index (χ3v) is 8.64. The third-order valence-electron chi connectivity index (χ3n) is 8.14. The van der Waals surface area contributed by atoms with Gasteiger partial charge in [0.1, 0.15) is 11.5 Å². The van der Waals surface area contributed by atoms with Crippen LogP contribution >= 0.6 is 15.9 Å². The average Bonchev–Trinajstić information content (AvgIpc) is 3.37. The zero-order chi connectivity index (χ0) is 26.6. The number of aromatic amines is 1. The average molecular weight is 581 g/mol. The Balaban J connectivity index is 1.07. The van der Waals surface area contributed by atoms with Crippen LogP contribution in [0, 0.1) is 0 Å². The van der Waals surface area contributed by atoms with Gasteiger partial charge < -0.3 is 14.8 Å². The number of rotatable bonds is 9. The van der Waals surface area contributed by atoms with Crippen LogP contribution in [-0.2, 0) is 12.8 Å². The number of nitrogens with one attached hydrogen (secondary N) is 1. The molecular weight excluding hydrogens is 546 g/mol. The molecule has 0 saturated carbocycles. The normalized spacial score (nSPS) is 16.7. The van der Waals surface area contributed by atoms with Gasteiger partial charge in [-0.15, -0.1) is 0 Å². The lowest BCUT2D eigenvalue weighted by Crippen LogP contribution is -2.20. The number of aryl methyl sites for hydroxylation is 2. The maximum Gasteiger partial charge on any atom is 0.119 e. The fraction of sp³-hybridized carbons (Fsp3) is 0.257. The minimum Gasteiger partial charge on any atom is -0.508 e. The maximum atomic E-state index is 10.1. The van der Waals surface area contributed by atoms with Crippen LogP contribution in [0.25, 0.3) is 10.9 Å². The molecule has 0 bridgehead atoms. The van der Waals surface area contributed by atoms with Crippen molar-refractivity contribution >= 4 is 26.8 Å². The summed E-state index contributed by atoms with van der Waals surface area (Å²) in [4.78, 5) is 3.38. The van der Waals surface area contributed by atoms with E-state index in [4.69, 9.17) is 4.74 Å². The molecule has 198 valence electrons. The molecule has 1 aromatic heterocycles. The number of hydrogen-bond acceptors (Lipinski definition) is 2. The van der Waals surface area contributed by atoms with Crippen LogP contribution in [0.4, 0.5) is 0 Å². The Bertz CT molecular complexity index is 1540. The lowest BCUT2D eigenvalue weighted by molar-refractivity contribution is 0.305. The summed E-state index contributed by atoms with van der Waals surface area (Å²) >= 11 is 3.59. The molecule has 5 aromatic rings. The monoisotopic (exact) mass is 579 g/mol. The topological polar surface area (TPSA) is 45.2 Å². The van der Waals surface area contributed by atoms with Gasteiger partial charge in [0.05, 0.1) is 6.61 Å². The highest BCUT2D eigenvalue weighted by Crippen LogP contribution is 2.47. The molecule has 2 N–H and O–H groups in total. The highest BCUT2D eigenvalue weighted by atomic mass is 79.9. The van der Waals surface area contributed by atoms with Crippen molar-refractivity contribution in [1.82, 2.24) is 4.98 Å². The molecule has 0 fully saturated rings. The molecule has 4 heteroatoms. The van der Waals surface area contributed by atoms with E-state index in [9.17, 15) is 5.11 Å². The summed E-state index contributed by atoms with van der Waals surface area (Å²) in [5.41, 5.74) is 7.84. The van der Waals surface area contributed by atoms with E-state index in [1.54, 1.807) is 0 Å². The Morgan fingerprint density at radius 2 is 1.69 bits per heavy atom. The highest BCUT2D eigenvalue weighted by Gasteiger charge is 2.32. The minimum absolute atomic E-state index is 0.260. The number of phenols is 1. The van der Waals surface area contributed by atoms with E-state index in [1.807, 2.05) is 12.1 Å². The molecular formula is C35H34BrNO2. The van der Waals surface area contributed by atoms with Crippen molar-refractivity contribution in [2.75, 3.05) is 6.61 Å². The number of H-pyrrole nitrogens is 1. The van der Waals surface area contributed by atoms with Gasteiger partial charge in [-0.1, -0.05) is 64.5 Å². The molecule has 0 radical (unpaired) electrons. The van der Waals surface area contributed by atoms with Gasteiger partial charge in [-0.2, -0.15) is 0 Å². The Hall–Kier alpha value is -3.50. The van der Waals surface area contributed by atoms with Crippen LogP contribution in [-0.4, -0.2) is 16.7 Å². The van der Waals surface area contributed by atoms with Crippen molar-refractivity contribution in [3.8, 4) is 11.5 Å². The zero-order valence-electron chi connectivity index (χ0n) is 22.1. The molecule has 0 saturated heterocycles. The van der Waals surface area contributed by atoms with Crippen molar-refractivity contribution in [3.05, 3.63) is 129 Å². The van der Waals surface area contributed by atoms with E-state index in [0.717, 1.165) is 55.4 Å². The van der Waals surface area contributed by atoms with Gasteiger partial charge in [0.2, 0.25) is 0 Å². The molecule has 1 unspecified atom stereocenters. The molecule has 1 aliphatic carbocycles. The summed E-state index contributed by atoms with van der Waals surface area (Å²) in [6.07, 6.45) is 8.61. The Morgan fingerprint density at radius 1 is 0.846 bits per heavy atom. The number of aromatic nitrogens is 1. The predicted octanol–water partition coefficient (Wildman–Crippen LogP) is 9.29. The number of benzene rings is 4. The van der Waals surface area contributed by atoms with E-state index in [0.29, 0.717) is 11.7 Å². The first-order valence-electron chi connectivity index (χ1n) is 14.0. The van der Waals surface area contributed by atoms with Crippen LogP contribution in [0.2, 0.25) is 0 Å². The smallest absolute Gasteiger partial charge is 0.119 e. The molecule has 0 spiro atoms. The van der Waals surface area contributed by atoms with Crippen LogP contribution < -0.4 is 4.74 Å². The lowest BCUT2D eigenvalue weighted by atomic mass is 9.69. The number of ether oxygens (including phenoxy) is 1. The quantitative estimate of drug-likeness (QED) is 0.171. The number of aromatic hydroxyl groups is 1. The van der Waals surface area contributed by atoms with Gasteiger partial charge in [-0.3, -0.25) is 0 Å². The summed E-state index contributed by atoms with van der Waals surface area (Å²) in [5, 5.41) is 11.4. The second-order valence-corrected chi connectivity index (χ2v) is 11.6. The van der Waals surface area contributed by atoms with E-state index >= 15 is 0 Å². The standard InChI is InChI=1S/C35H34BrNO2/c36-28-13-19-34-33(22-28)27(23-37-34)9-5-2-6-20-39-30-15-10-25(11-16-30)35-31(24-7-3-1-4-8-24)17-12-26-21-29(38)14-18-32(26)35/h1,3-4,7-8,10-11,13-16,18-19,21-23,31,35,37-38H,2,5-6,9,12,17,20H2/t31-,35?/m1/s1. The molecule has 1 aliphatic rings. The highest BCUT2D eigenvalue weighted by molar-refractivity contribution is 9.10. The van der Waals surface area contributed by atoms with E-state index in [2.05, 4.69) is 106 Å². The zero-order valence-corrected chi connectivity index (χ0v) is 23.7. The molecule has 2 atom stereocenters. The summed E-state index contributed by atoms with van der Waals surface area (Å²) < 4.78 is 7.25. The number of hydrogen-bond donors (Lipinski definition) is 2. The lowest BCUT2D eigenvalue weighted by Gasteiger charge is -2.34. The van der Waals surface area contributed by atoms with Gasteiger partial charge in [0, 0.05) is 27.5 Å². The van der Waals surface area contributed by atoms with Crippen molar-refractivity contribution in [2.45, 2.75) is 50.4 Å². The fourth-order valence-electron chi connectivity index (χ4n) is 6.19. The Labute approximate surface area is 239 Å². The number of halogens is 1. The first-order chi connectivity index (χ1) is 19.2. The van der Waals surface area contributed by atoms with Crippen molar-refractivity contribution in [3.63, 3.8) is 0 Å². The molecule has 0 aliphatic heterocycles. The molecule has 4 aromatic carbocycles. The van der Waals surface area contributed by atoms with Crippen LogP contribution in [0.1, 0.15) is 65.3 Å². The van der Waals surface area contributed by atoms with Gasteiger partial charge in [0.25, 0.3) is 0 Å². The summed E-state index contributed by atoms with van der Waals surface area (Å²) in [5.74, 6) is 1.95. The SMILES string of the molecule is Oc1ccc2c(c1)CC[C@H](c1ccccc1)C2c1ccc(OCCCCCc2c[nH]c3ccc(Br)cc23)cc1. The Kier molecular flexibility index (Phi) is 7.74. The van der Waals surface area contributed by atoms with Crippen LogP contribution in [0.15, 0.2) is 102 Å². The number of unbranched alkanes of at least 4 members (excludes halogenated alkanes) is 2. The van der Waals surface area contributed by atoms with Crippen molar-refractivity contribution in [1.29, 1.82) is 0 Å². The van der Waals surface area contributed by atoms with Crippen LogP contribution in [0.3, 0.4) is 0 Å². The molecule has 39 heavy (non-hydrogen) atoms. The van der Waals surface area contributed by atoms with Crippen molar-refractivity contribution in [2.24, 2.45) is 0 Å². The summed E-state index contributed by atoms with van der Waals surface area (Å²) in [6, 6.07) is 31.8. The minimum atomic E-state index is 0.260. The van der Waals surface area contributed by atoms with E-state index in [1.165, 1.54) is 38.7 Å². The van der Waals surface area contributed by atoms with Crippen molar-refractivity contribution < 1.29 is 9.84 Å². The summed E-state index contributed by atoms with van der Waals surface area (Å²) in [7, 11) is 0.